The maximum absolute atomic E-state index is 11.7. The van der Waals surface area contributed by atoms with Gasteiger partial charge in [0, 0.05) is 18.5 Å². The summed E-state index contributed by atoms with van der Waals surface area (Å²) in [6.45, 7) is 2.37. The highest BCUT2D eigenvalue weighted by Gasteiger charge is 2.23. The van der Waals surface area contributed by atoms with Crippen molar-refractivity contribution in [3.63, 3.8) is 0 Å². The minimum absolute atomic E-state index is 0.0408. The molecule has 0 heterocycles. The number of hydrogen-bond acceptors (Lipinski definition) is 3. The Labute approximate surface area is 91.2 Å². The molecule has 1 aliphatic rings. The van der Waals surface area contributed by atoms with E-state index in [-0.39, 0.29) is 24.0 Å². The molecule has 3 unspecified atom stereocenters. The molecule has 0 aromatic rings. The third kappa shape index (κ3) is 3.80. The minimum atomic E-state index is -0.248. The molecule has 1 saturated carbocycles. The second-order valence-electron chi connectivity index (χ2n) is 4.37. The Morgan fingerprint density at radius 3 is 2.87 bits per heavy atom. The molecular formula is C11H22N2O2. The zero-order chi connectivity index (χ0) is 11.3. The Balaban J connectivity index is 2.36. The fraction of sp³-hybridized carbons (Fsp3) is 0.909. The number of carbonyl (C=O) groups excluding carboxylic acids is 1. The van der Waals surface area contributed by atoms with E-state index in [0.717, 1.165) is 25.7 Å². The van der Waals surface area contributed by atoms with Gasteiger partial charge in [-0.05, 0) is 32.1 Å². The molecule has 0 aliphatic heterocycles. The Morgan fingerprint density at radius 2 is 2.33 bits per heavy atom. The van der Waals surface area contributed by atoms with E-state index in [1.54, 1.807) is 0 Å². The van der Waals surface area contributed by atoms with Gasteiger partial charge in [-0.1, -0.05) is 6.92 Å². The first-order valence-corrected chi connectivity index (χ1v) is 5.85. The number of hydrogen-bond donors (Lipinski definition) is 3. The molecule has 0 radical (unpaired) electrons. The maximum atomic E-state index is 11.7. The van der Waals surface area contributed by atoms with Crippen LogP contribution in [-0.4, -0.2) is 29.7 Å². The molecular weight excluding hydrogens is 192 g/mol. The lowest BCUT2D eigenvalue weighted by Gasteiger charge is -2.27. The quantitative estimate of drug-likeness (QED) is 0.633. The third-order valence-corrected chi connectivity index (χ3v) is 3.14. The fourth-order valence-electron chi connectivity index (χ4n) is 2.07. The van der Waals surface area contributed by atoms with Crippen molar-refractivity contribution in [2.24, 2.45) is 11.7 Å². The normalized spacial score (nSPS) is 28.5. The molecule has 15 heavy (non-hydrogen) atoms. The van der Waals surface area contributed by atoms with E-state index in [1.165, 1.54) is 0 Å². The predicted octanol–water partition coefficient (Wildman–Crippen LogP) is 0.391. The van der Waals surface area contributed by atoms with Crippen LogP contribution < -0.4 is 11.1 Å². The lowest BCUT2D eigenvalue weighted by atomic mass is 9.92. The molecule has 0 aromatic heterocycles. The monoisotopic (exact) mass is 214 g/mol. The molecule has 4 nitrogen and oxygen atoms in total. The second kappa shape index (κ2) is 6.08. The first-order chi connectivity index (χ1) is 7.17. The third-order valence-electron chi connectivity index (χ3n) is 3.14. The van der Waals surface area contributed by atoms with Gasteiger partial charge < -0.3 is 16.2 Å². The van der Waals surface area contributed by atoms with Crippen LogP contribution in [0.15, 0.2) is 0 Å². The maximum Gasteiger partial charge on any atom is 0.224 e. The van der Waals surface area contributed by atoms with Gasteiger partial charge in [0.1, 0.15) is 0 Å². The second-order valence-corrected chi connectivity index (χ2v) is 4.37. The highest BCUT2D eigenvalue weighted by Crippen LogP contribution is 2.18. The van der Waals surface area contributed by atoms with Gasteiger partial charge in [0.05, 0.1) is 6.10 Å². The standard InChI is InChI=1S/C11H22N2O2/c1-2-8(7-12)11(15)13-9-4-3-5-10(14)6-9/h8-10,14H,2-7,12H2,1H3,(H,13,15). The van der Waals surface area contributed by atoms with Crippen LogP contribution in [-0.2, 0) is 4.79 Å². The Hall–Kier alpha value is -0.610. The predicted molar refractivity (Wildman–Crippen MR) is 59.2 cm³/mol. The number of nitrogens with one attached hydrogen (secondary N) is 1. The van der Waals surface area contributed by atoms with Gasteiger partial charge in [-0.3, -0.25) is 4.79 Å². The summed E-state index contributed by atoms with van der Waals surface area (Å²) in [6, 6.07) is 0.141. The van der Waals surface area contributed by atoms with E-state index in [9.17, 15) is 9.90 Å². The van der Waals surface area contributed by atoms with Crippen LogP contribution >= 0.6 is 0 Å². The topological polar surface area (TPSA) is 75.4 Å². The van der Waals surface area contributed by atoms with E-state index >= 15 is 0 Å². The fourth-order valence-corrected chi connectivity index (χ4v) is 2.07. The summed E-state index contributed by atoms with van der Waals surface area (Å²) in [5, 5.41) is 12.4. The Bertz CT molecular complexity index is 205. The lowest BCUT2D eigenvalue weighted by Crippen LogP contribution is -2.44. The molecule has 4 N–H and O–H groups in total. The molecule has 1 aliphatic carbocycles. The molecule has 88 valence electrons. The van der Waals surface area contributed by atoms with E-state index < -0.39 is 0 Å². The first-order valence-electron chi connectivity index (χ1n) is 5.85. The largest absolute Gasteiger partial charge is 0.393 e. The molecule has 4 heteroatoms. The van der Waals surface area contributed by atoms with Gasteiger partial charge in [0.25, 0.3) is 0 Å². The SMILES string of the molecule is CCC(CN)C(=O)NC1CCCC(O)C1. The number of nitrogens with two attached hydrogens (primary N) is 1. The summed E-state index contributed by atoms with van der Waals surface area (Å²) in [5.41, 5.74) is 5.51. The molecule has 3 atom stereocenters. The van der Waals surface area contributed by atoms with Crippen LogP contribution in [0.5, 0.6) is 0 Å². The van der Waals surface area contributed by atoms with E-state index in [4.69, 9.17) is 5.73 Å². The number of aliphatic hydroxyl groups excluding tert-OH is 1. The van der Waals surface area contributed by atoms with E-state index in [0.29, 0.717) is 13.0 Å². The van der Waals surface area contributed by atoms with Crippen LogP contribution in [0.2, 0.25) is 0 Å². The molecule has 1 amide bonds. The lowest BCUT2D eigenvalue weighted by molar-refractivity contribution is -0.125. The van der Waals surface area contributed by atoms with Crippen molar-refractivity contribution in [2.45, 2.75) is 51.2 Å². The van der Waals surface area contributed by atoms with Gasteiger partial charge in [0.2, 0.25) is 5.91 Å². The zero-order valence-corrected chi connectivity index (χ0v) is 9.41. The van der Waals surface area contributed by atoms with Gasteiger partial charge in [-0.15, -0.1) is 0 Å². The average molecular weight is 214 g/mol. The molecule has 1 fully saturated rings. The molecule has 0 spiro atoms. The summed E-state index contributed by atoms with van der Waals surface area (Å²) in [6.07, 6.45) is 4.04. The smallest absolute Gasteiger partial charge is 0.224 e. The number of aliphatic hydroxyl groups is 1. The summed E-state index contributed by atoms with van der Waals surface area (Å²) in [4.78, 5) is 11.7. The van der Waals surface area contributed by atoms with Gasteiger partial charge >= 0.3 is 0 Å². The van der Waals surface area contributed by atoms with Gasteiger partial charge in [0.15, 0.2) is 0 Å². The van der Waals surface area contributed by atoms with Crippen LogP contribution in [0.3, 0.4) is 0 Å². The Kier molecular flexibility index (Phi) is 5.05. The average Bonchev–Trinajstić information content (AvgIpc) is 2.19. The van der Waals surface area contributed by atoms with Crippen molar-refractivity contribution in [2.75, 3.05) is 6.54 Å². The van der Waals surface area contributed by atoms with Gasteiger partial charge in [-0.25, -0.2) is 0 Å². The van der Waals surface area contributed by atoms with Crippen molar-refractivity contribution in [3.05, 3.63) is 0 Å². The van der Waals surface area contributed by atoms with Crippen molar-refractivity contribution in [3.8, 4) is 0 Å². The molecule has 0 aromatic carbocycles. The minimum Gasteiger partial charge on any atom is -0.393 e. The highest BCUT2D eigenvalue weighted by molar-refractivity contribution is 5.79. The molecule has 0 saturated heterocycles. The Morgan fingerprint density at radius 1 is 1.60 bits per heavy atom. The van der Waals surface area contributed by atoms with Crippen LogP contribution in [0.1, 0.15) is 39.0 Å². The molecule has 0 bridgehead atoms. The summed E-state index contributed by atoms with van der Waals surface area (Å²) >= 11 is 0. The number of amides is 1. The van der Waals surface area contributed by atoms with Crippen molar-refractivity contribution in [1.82, 2.24) is 5.32 Å². The number of carbonyl (C=O) groups is 1. The van der Waals surface area contributed by atoms with Crippen molar-refractivity contribution in [1.29, 1.82) is 0 Å². The summed E-state index contributed by atoms with van der Waals surface area (Å²) < 4.78 is 0. The number of rotatable bonds is 4. The highest BCUT2D eigenvalue weighted by atomic mass is 16.3. The van der Waals surface area contributed by atoms with Crippen LogP contribution in [0.4, 0.5) is 0 Å². The summed E-state index contributed by atoms with van der Waals surface area (Å²) in [7, 11) is 0. The van der Waals surface area contributed by atoms with Crippen LogP contribution in [0.25, 0.3) is 0 Å². The zero-order valence-electron chi connectivity index (χ0n) is 9.41. The van der Waals surface area contributed by atoms with E-state index in [2.05, 4.69) is 5.32 Å². The van der Waals surface area contributed by atoms with Crippen LogP contribution in [0, 0.1) is 5.92 Å². The van der Waals surface area contributed by atoms with Gasteiger partial charge in [-0.2, -0.15) is 0 Å². The first kappa shape index (κ1) is 12.5. The van der Waals surface area contributed by atoms with Crippen molar-refractivity contribution >= 4 is 5.91 Å². The van der Waals surface area contributed by atoms with E-state index in [1.807, 2.05) is 6.92 Å². The molecule has 1 rings (SSSR count). The summed E-state index contributed by atoms with van der Waals surface area (Å²) in [5.74, 6) is -0.0387. The van der Waals surface area contributed by atoms with Crippen molar-refractivity contribution < 1.29 is 9.90 Å².